The molecule has 5 N–H and O–H groups in total. The van der Waals surface area contributed by atoms with E-state index in [-0.39, 0.29) is 11.9 Å². The lowest BCUT2D eigenvalue weighted by atomic mass is 10.0. The van der Waals surface area contributed by atoms with E-state index < -0.39 is 12.3 Å². The maximum Gasteiger partial charge on any atom is 0.260 e. The number of aliphatic hydroxyl groups is 1. The number of nitrogen functional groups attached to an aromatic ring is 1. The van der Waals surface area contributed by atoms with E-state index in [1.54, 1.807) is 6.92 Å². The van der Waals surface area contributed by atoms with E-state index in [2.05, 4.69) is 35.4 Å². The van der Waals surface area contributed by atoms with Crippen molar-refractivity contribution in [2.24, 2.45) is 5.92 Å². The van der Waals surface area contributed by atoms with Crippen molar-refractivity contribution in [1.29, 1.82) is 0 Å². The minimum absolute atomic E-state index is 0.104. The first-order valence-corrected chi connectivity index (χ1v) is 13.1. The van der Waals surface area contributed by atoms with Crippen molar-refractivity contribution >= 4 is 17.3 Å². The predicted octanol–water partition coefficient (Wildman–Crippen LogP) is 4.17. The molecule has 0 bridgehead atoms. The number of benzene rings is 2. The number of carbonyl (C=O) groups excluding carboxylic acids is 1. The molecule has 0 aromatic heterocycles. The van der Waals surface area contributed by atoms with Gasteiger partial charge in [0.25, 0.3) is 5.91 Å². The maximum atomic E-state index is 12.8. The summed E-state index contributed by atoms with van der Waals surface area (Å²) in [5, 5.41) is 17.1. The lowest BCUT2D eigenvalue weighted by Gasteiger charge is -2.34. The molecule has 198 valence electrons. The van der Waals surface area contributed by atoms with Gasteiger partial charge in [0, 0.05) is 37.1 Å². The highest BCUT2D eigenvalue weighted by molar-refractivity contribution is 5.81. The van der Waals surface area contributed by atoms with Gasteiger partial charge in [0.1, 0.15) is 12.0 Å². The summed E-state index contributed by atoms with van der Waals surface area (Å²) in [4.78, 5) is 15.1. The lowest BCUT2D eigenvalue weighted by Crippen LogP contribution is -2.49. The zero-order chi connectivity index (χ0) is 26.4. The van der Waals surface area contributed by atoms with E-state index in [1.807, 2.05) is 45.0 Å². The third-order valence-electron chi connectivity index (χ3n) is 7.11. The van der Waals surface area contributed by atoms with Crippen molar-refractivity contribution in [2.45, 2.75) is 79.2 Å². The summed E-state index contributed by atoms with van der Waals surface area (Å²) in [5.41, 5.74) is 12.0. The van der Waals surface area contributed by atoms with Gasteiger partial charge in [0.05, 0.1) is 0 Å². The number of rotatable bonds is 10. The summed E-state index contributed by atoms with van der Waals surface area (Å²) in [6.45, 7) is 14.3. The quantitative estimate of drug-likeness (QED) is 0.291. The second-order valence-electron chi connectivity index (χ2n) is 10.6. The maximum absolute atomic E-state index is 12.8. The number of likely N-dealkylation sites (tertiary alicyclic amines) is 1. The minimum Gasteiger partial charge on any atom is -0.481 e. The number of piperidine rings is 1. The van der Waals surface area contributed by atoms with Crippen molar-refractivity contribution in [3.05, 3.63) is 52.6 Å². The Morgan fingerprint density at radius 2 is 1.81 bits per heavy atom. The standard InChI is InChI=1S/C29H44N4O3/c1-18(2)15-23-9-7-8-10-25(23)32-27(34)17-33-13-11-24(12-14-33)31-29(35)22(6)36-26-16-19(3)28(30)21(5)20(26)4/h7-10,16,18,22,24,27,32,34H,11-15,17,30H2,1-6H3,(H,31,35). The molecule has 2 unspecified atom stereocenters. The van der Waals surface area contributed by atoms with Crippen LogP contribution in [0.15, 0.2) is 30.3 Å². The summed E-state index contributed by atoms with van der Waals surface area (Å²) >= 11 is 0. The van der Waals surface area contributed by atoms with Gasteiger partial charge >= 0.3 is 0 Å². The Hall–Kier alpha value is -2.77. The van der Waals surface area contributed by atoms with Crippen LogP contribution in [0.2, 0.25) is 0 Å². The molecule has 2 aromatic carbocycles. The number of hydrogen-bond acceptors (Lipinski definition) is 6. The number of nitrogens with zero attached hydrogens (tertiary/aromatic N) is 1. The molecule has 1 heterocycles. The van der Waals surface area contributed by atoms with Crippen LogP contribution in [0, 0.1) is 26.7 Å². The Bertz CT molecular complexity index is 1030. The number of amides is 1. The monoisotopic (exact) mass is 496 g/mol. The van der Waals surface area contributed by atoms with Gasteiger partial charge < -0.3 is 26.2 Å². The number of β-amino-alcohol motifs (C(OH)–C–C–N with tert-alkyl or cyclic N) is 1. The van der Waals surface area contributed by atoms with Crippen LogP contribution >= 0.6 is 0 Å². The van der Waals surface area contributed by atoms with E-state index in [9.17, 15) is 9.90 Å². The van der Waals surface area contributed by atoms with Crippen molar-refractivity contribution < 1.29 is 14.6 Å². The van der Waals surface area contributed by atoms with Gasteiger partial charge in [-0.25, -0.2) is 0 Å². The van der Waals surface area contributed by atoms with Gasteiger partial charge in [-0.2, -0.15) is 0 Å². The van der Waals surface area contributed by atoms with Gasteiger partial charge in [0.15, 0.2) is 6.10 Å². The third-order valence-corrected chi connectivity index (χ3v) is 7.11. The van der Waals surface area contributed by atoms with Gasteiger partial charge in [0.2, 0.25) is 0 Å². The zero-order valence-corrected chi connectivity index (χ0v) is 22.7. The van der Waals surface area contributed by atoms with E-state index in [1.165, 1.54) is 5.56 Å². The van der Waals surface area contributed by atoms with E-state index in [0.717, 1.165) is 60.4 Å². The SMILES string of the molecule is Cc1cc(OC(C)C(=O)NC2CCN(CC(O)Nc3ccccc3CC(C)C)CC2)c(C)c(C)c1N. The topological polar surface area (TPSA) is 99.8 Å². The minimum atomic E-state index is -0.645. The first-order chi connectivity index (χ1) is 17.0. The number of carbonyl (C=O) groups is 1. The van der Waals surface area contributed by atoms with Crippen LogP contribution in [0.5, 0.6) is 5.75 Å². The van der Waals surface area contributed by atoms with Crippen LogP contribution in [0.1, 0.15) is 55.9 Å². The fraction of sp³-hybridized carbons (Fsp3) is 0.552. The van der Waals surface area contributed by atoms with Crippen molar-refractivity contribution in [3.63, 3.8) is 0 Å². The number of ether oxygens (including phenoxy) is 1. The molecule has 0 saturated carbocycles. The van der Waals surface area contributed by atoms with Gasteiger partial charge in [-0.3, -0.25) is 9.69 Å². The van der Waals surface area contributed by atoms with Crippen LogP contribution in [-0.4, -0.2) is 53.9 Å². The Balaban J connectivity index is 1.45. The molecular weight excluding hydrogens is 452 g/mol. The highest BCUT2D eigenvalue weighted by Crippen LogP contribution is 2.30. The molecule has 0 radical (unpaired) electrons. The molecule has 3 rings (SSSR count). The molecule has 1 aliphatic heterocycles. The van der Waals surface area contributed by atoms with Crippen molar-refractivity contribution in [1.82, 2.24) is 10.2 Å². The molecule has 1 amide bonds. The molecule has 1 fully saturated rings. The highest BCUT2D eigenvalue weighted by Gasteiger charge is 2.25. The normalized spacial score (nSPS) is 16.6. The lowest BCUT2D eigenvalue weighted by molar-refractivity contribution is -0.128. The first-order valence-electron chi connectivity index (χ1n) is 13.1. The molecule has 7 heteroatoms. The number of nitrogens with two attached hydrogens (primary N) is 1. The van der Waals surface area contributed by atoms with Gasteiger partial charge in [-0.1, -0.05) is 32.0 Å². The number of para-hydroxylation sites is 1. The average Bonchev–Trinajstić information content (AvgIpc) is 2.83. The van der Waals surface area contributed by atoms with E-state index >= 15 is 0 Å². The van der Waals surface area contributed by atoms with Crippen LogP contribution in [0.3, 0.4) is 0 Å². The van der Waals surface area contributed by atoms with Gasteiger partial charge in [-0.15, -0.1) is 0 Å². The molecule has 36 heavy (non-hydrogen) atoms. The fourth-order valence-corrected chi connectivity index (χ4v) is 4.76. The molecular formula is C29H44N4O3. The zero-order valence-electron chi connectivity index (χ0n) is 22.7. The molecule has 1 saturated heterocycles. The van der Waals surface area contributed by atoms with Gasteiger partial charge in [-0.05, 0) is 87.3 Å². The van der Waals surface area contributed by atoms with Crippen LogP contribution in [0.4, 0.5) is 11.4 Å². The number of nitrogens with one attached hydrogen (secondary N) is 2. The molecule has 1 aliphatic rings. The smallest absolute Gasteiger partial charge is 0.260 e. The first kappa shape index (κ1) is 27.8. The Morgan fingerprint density at radius 3 is 2.47 bits per heavy atom. The number of hydrogen-bond donors (Lipinski definition) is 4. The Morgan fingerprint density at radius 1 is 1.14 bits per heavy atom. The Labute approximate surface area is 216 Å². The van der Waals surface area contributed by atoms with Crippen molar-refractivity contribution in [3.8, 4) is 5.75 Å². The highest BCUT2D eigenvalue weighted by atomic mass is 16.5. The number of aliphatic hydroxyl groups excluding tert-OH is 1. The summed E-state index contributed by atoms with van der Waals surface area (Å²) in [6.07, 6.45) is 1.41. The Kier molecular flexibility index (Phi) is 9.63. The molecule has 0 spiro atoms. The second-order valence-corrected chi connectivity index (χ2v) is 10.6. The largest absolute Gasteiger partial charge is 0.481 e. The number of aryl methyl sites for hydroxylation is 1. The summed E-state index contributed by atoms with van der Waals surface area (Å²) < 4.78 is 6.01. The summed E-state index contributed by atoms with van der Waals surface area (Å²) in [7, 11) is 0. The molecule has 7 nitrogen and oxygen atoms in total. The van der Waals surface area contributed by atoms with Crippen LogP contribution in [-0.2, 0) is 11.2 Å². The molecule has 0 aliphatic carbocycles. The summed E-state index contributed by atoms with van der Waals surface area (Å²) in [5.74, 6) is 1.15. The van der Waals surface area contributed by atoms with E-state index in [0.29, 0.717) is 18.2 Å². The molecule has 2 aromatic rings. The summed E-state index contributed by atoms with van der Waals surface area (Å²) in [6, 6.07) is 10.2. The predicted molar refractivity (Wildman–Crippen MR) is 147 cm³/mol. The van der Waals surface area contributed by atoms with Crippen molar-refractivity contribution in [2.75, 3.05) is 30.7 Å². The third kappa shape index (κ3) is 7.37. The van der Waals surface area contributed by atoms with Crippen LogP contribution in [0.25, 0.3) is 0 Å². The van der Waals surface area contributed by atoms with Crippen LogP contribution < -0.4 is 21.1 Å². The average molecular weight is 497 g/mol. The number of anilines is 2. The second kappa shape index (κ2) is 12.5. The fourth-order valence-electron chi connectivity index (χ4n) is 4.76. The molecule has 2 atom stereocenters. The van der Waals surface area contributed by atoms with E-state index in [4.69, 9.17) is 10.5 Å².